The fourth-order valence-corrected chi connectivity index (χ4v) is 4.12. The van der Waals surface area contributed by atoms with Gasteiger partial charge in [-0.2, -0.15) is 13.2 Å². The number of benzene rings is 1. The molecular weight excluding hydrogens is 486 g/mol. The lowest BCUT2D eigenvalue weighted by Gasteiger charge is -2.31. The van der Waals surface area contributed by atoms with Gasteiger partial charge in [0.05, 0.1) is 12.0 Å². The molecule has 0 radical (unpaired) electrons. The van der Waals surface area contributed by atoms with Gasteiger partial charge in [-0.05, 0) is 24.3 Å². The molecule has 0 spiro atoms. The van der Waals surface area contributed by atoms with E-state index in [1.165, 1.54) is 35.6 Å². The quantitative estimate of drug-likeness (QED) is 0.370. The standard InChI is InChI=1S/C22H13F4N7O3/c23-11-4-2-7-27-14(11)18-31-32-20(36-18)21(34)33-8-6-12-15(29-9-28-12)16(33)19-30-13-5-1-3-10(17(13)35-19)22(24,25)26/h1-5,7,9,16H,6,8H2,(H,28,29)/t16-/m0/s1. The lowest BCUT2D eigenvalue weighted by Crippen LogP contribution is -2.41. The van der Waals surface area contributed by atoms with Crippen LogP contribution in [-0.4, -0.2) is 47.5 Å². The molecule has 1 N–H and O–H groups in total. The summed E-state index contributed by atoms with van der Waals surface area (Å²) in [5, 5.41) is 7.44. The van der Waals surface area contributed by atoms with Crippen LogP contribution in [0, 0.1) is 5.82 Å². The number of oxazole rings is 1. The van der Waals surface area contributed by atoms with Crippen molar-refractivity contribution in [2.24, 2.45) is 0 Å². The van der Waals surface area contributed by atoms with E-state index in [1.54, 1.807) is 0 Å². The van der Waals surface area contributed by atoms with E-state index in [9.17, 15) is 22.4 Å². The number of pyridine rings is 1. The Morgan fingerprint density at radius 2 is 1.97 bits per heavy atom. The number of carbonyl (C=O) groups is 1. The van der Waals surface area contributed by atoms with Crippen molar-refractivity contribution in [3.05, 3.63) is 77.4 Å². The van der Waals surface area contributed by atoms with Crippen LogP contribution in [0.1, 0.15) is 39.6 Å². The van der Waals surface area contributed by atoms with Gasteiger partial charge in [0.15, 0.2) is 23.1 Å². The highest BCUT2D eigenvalue weighted by Crippen LogP contribution is 2.39. The summed E-state index contributed by atoms with van der Waals surface area (Å²) in [6, 6.07) is 4.93. The molecule has 36 heavy (non-hydrogen) atoms. The minimum atomic E-state index is -4.67. The van der Waals surface area contributed by atoms with Gasteiger partial charge in [-0.1, -0.05) is 6.07 Å². The number of hydrogen-bond acceptors (Lipinski definition) is 8. The first-order valence-electron chi connectivity index (χ1n) is 10.6. The molecule has 0 aliphatic carbocycles. The third kappa shape index (κ3) is 3.49. The molecule has 0 unspecified atom stereocenters. The number of aromatic nitrogens is 6. The fourth-order valence-electron chi connectivity index (χ4n) is 4.12. The van der Waals surface area contributed by atoms with Gasteiger partial charge in [-0.15, -0.1) is 10.2 Å². The molecule has 4 aromatic heterocycles. The summed E-state index contributed by atoms with van der Waals surface area (Å²) in [5.41, 5.74) is -0.684. The van der Waals surface area contributed by atoms with Gasteiger partial charge in [-0.3, -0.25) is 4.79 Å². The normalized spacial score (nSPS) is 15.9. The van der Waals surface area contributed by atoms with Crippen LogP contribution in [-0.2, 0) is 12.6 Å². The van der Waals surface area contributed by atoms with Crippen LogP contribution in [0.15, 0.2) is 51.7 Å². The van der Waals surface area contributed by atoms with Gasteiger partial charge in [0.25, 0.3) is 5.89 Å². The molecule has 1 aliphatic heterocycles. The molecule has 0 saturated carbocycles. The first-order valence-corrected chi connectivity index (χ1v) is 10.6. The monoisotopic (exact) mass is 499 g/mol. The van der Waals surface area contributed by atoms with Crippen molar-refractivity contribution in [3.63, 3.8) is 0 Å². The SMILES string of the molecule is O=C(c1nnc(-c2ncccc2F)o1)N1CCc2[nH]cnc2[C@H]1c1nc2cccc(C(F)(F)F)c2o1. The average molecular weight is 499 g/mol. The van der Waals surface area contributed by atoms with Crippen LogP contribution in [0.2, 0.25) is 0 Å². The van der Waals surface area contributed by atoms with Crippen LogP contribution < -0.4 is 0 Å². The summed E-state index contributed by atoms with van der Waals surface area (Å²) in [6.07, 6.45) is -1.57. The molecule has 5 aromatic rings. The fraction of sp³-hybridized carbons (Fsp3) is 0.182. The molecule has 1 atom stereocenters. The largest absolute Gasteiger partial charge is 0.437 e. The molecule has 182 valence electrons. The summed E-state index contributed by atoms with van der Waals surface area (Å²) in [6.45, 7) is 0.110. The summed E-state index contributed by atoms with van der Waals surface area (Å²) in [5.74, 6) is -2.42. The van der Waals surface area contributed by atoms with E-state index < -0.39 is 41.0 Å². The average Bonchev–Trinajstić information content (AvgIpc) is 3.61. The molecule has 5 heterocycles. The molecule has 1 aliphatic rings. The van der Waals surface area contributed by atoms with Gasteiger partial charge in [0, 0.05) is 24.9 Å². The molecule has 1 amide bonds. The second kappa shape index (κ2) is 7.96. The van der Waals surface area contributed by atoms with Crippen LogP contribution in [0.25, 0.3) is 22.7 Å². The molecule has 6 rings (SSSR count). The second-order valence-electron chi connectivity index (χ2n) is 7.87. The minimum absolute atomic E-state index is 0.0272. The second-order valence-corrected chi connectivity index (χ2v) is 7.87. The van der Waals surface area contributed by atoms with Crippen LogP contribution in [0.4, 0.5) is 17.6 Å². The van der Waals surface area contributed by atoms with Crippen LogP contribution in [0.5, 0.6) is 0 Å². The Morgan fingerprint density at radius 3 is 2.78 bits per heavy atom. The summed E-state index contributed by atoms with van der Waals surface area (Å²) in [7, 11) is 0. The number of fused-ring (bicyclic) bond motifs is 2. The van der Waals surface area contributed by atoms with E-state index in [-0.39, 0.29) is 29.5 Å². The van der Waals surface area contributed by atoms with Gasteiger partial charge in [0.1, 0.15) is 11.1 Å². The van der Waals surface area contributed by atoms with Gasteiger partial charge >= 0.3 is 18.0 Å². The number of halogens is 4. The highest BCUT2D eigenvalue weighted by atomic mass is 19.4. The highest BCUT2D eigenvalue weighted by molar-refractivity contribution is 5.90. The Hall–Kier alpha value is -4.62. The predicted octanol–water partition coefficient (Wildman–Crippen LogP) is 3.94. The summed E-state index contributed by atoms with van der Waals surface area (Å²) < 4.78 is 65.6. The molecule has 0 saturated heterocycles. The third-order valence-corrected chi connectivity index (χ3v) is 5.73. The van der Waals surface area contributed by atoms with Gasteiger partial charge in [-0.25, -0.2) is 19.3 Å². The number of alkyl halides is 3. The maximum atomic E-state index is 14.1. The number of nitrogens with zero attached hydrogens (tertiary/aromatic N) is 6. The predicted molar refractivity (Wildman–Crippen MR) is 112 cm³/mol. The maximum Gasteiger partial charge on any atom is 0.420 e. The van der Waals surface area contributed by atoms with Gasteiger partial charge in [0.2, 0.25) is 5.89 Å². The summed E-state index contributed by atoms with van der Waals surface area (Å²) >= 11 is 0. The smallest absolute Gasteiger partial charge is 0.420 e. The first-order chi connectivity index (χ1) is 17.3. The van der Waals surface area contributed by atoms with Crippen molar-refractivity contribution in [2.45, 2.75) is 18.6 Å². The Labute approximate surface area is 198 Å². The van der Waals surface area contributed by atoms with Crippen molar-refractivity contribution >= 4 is 17.0 Å². The van der Waals surface area contributed by atoms with E-state index in [0.29, 0.717) is 17.8 Å². The van der Waals surface area contributed by atoms with Crippen molar-refractivity contribution in [1.29, 1.82) is 0 Å². The van der Waals surface area contributed by atoms with Crippen LogP contribution >= 0.6 is 0 Å². The highest BCUT2D eigenvalue weighted by Gasteiger charge is 2.41. The molecule has 0 bridgehead atoms. The number of amides is 1. The van der Waals surface area contributed by atoms with Crippen LogP contribution in [0.3, 0.4) is 0 Å². The molecule has 0 fully saturated rings. The maximum absolute atomic E-state index is 14.1. The zero-order chi connectivity index (χ0) is 25.0. The zero-order valence-electron chi connectivity index (χ0n) is 18.0. The number of para-hydroxylation sites is 1. The molecule has 10 nitrogen and oxygen atoms in total. The van der Waals surface area contributed by atoms with Crippen molar-refractivity contribution in [1.82, 2.24) is 35.0 Å². The Morgan fingerprint density at radius 1 is 1.11 bits per heavy atom. The number of hydrogen-bond donors (Lipinski definition) is 1. The number of carbonyl (C=O) groups excluding carboxylic acids is 1. The topological polar surface area (TPSA) is 127 Å². The van der Waals surface area contributed by atoms with E-state index in [0.717, 1.165) is 12.1 Å². The Bertz CT molecular complexity index is 1610. The van der Waals surface area contributed by atoms with E-state index in [2.05, 4.69) is 30.1 Å². The number of rotatable bonds is 3. The van der Waals surface area contributed by atoms with Crippen molar-refractivity contribution in [3.8, 4) is 11.6 Å². The molecular formula is C22H13F4N7O3. The first kappa shape index (κ1) is 21.9. The molecule has 1 aromatic carbocycles. The zero-order valence-corrected chi connectivity index (χ0v) is 18.0. The van der Waals surface area contributed by atoms with E-state index in [1.807, 2.05) is 0 Å². The third-order valence-electron chi connectivity index (χ3n) is 5.73. The van der Waals surface area contributed by atoms with Crippen molar-refractivity contribution in [2.75, 3.05) is 6.54 Å². The Kier molecular flexibility index (Phi) is 4.84. The minimum Gasteiger partial charge on any atom is -0.437 e. The lowest BCUT2D eigenvalue weighted by molar-refractivity contribution is -0.136. The van der Waals surface area contributed by atoms with E-state index >= 15 is 0 Å². The lowest BCUT2D eigenvalue weighted by atomic mass is 10.0. The number of nitrogens with one attached hydrogen (secondary N) is 1. The number of aromatic amines is 1. The molecule has 14 heteroatoms. The Balaban J connectivity index is 1.42. The summed E-state index contributed by atoms with van der Waals surface area (Å²) in [4.78, 5) is 30.0. The number of H-pyrrole nitrogens is 1. The van der Waals surface area contributed by atoms with E-state index in [4.69, 9.17) is 8.83 Å². The van der Waals surface area contributed by atoms with Gasteiger partial charge < -0.3 is 18.7 Å². The number of imidazole rings is 1. The van der Waals surface area contributed by atoms with Crippen molar-refractivity contribution < 1.29 is 31.2 Å².